The number of ether oxygens (including phenoxy) is 1. The van der Waals surface area contributed by atoms with E-state index in [0.717, 1.165) is 29.3 Å². The molecule has 0 radical (unpaired) electrons. The molecule has 4 bridgehead atoms. The monoisotopic (exact) mass is 244 g/mol. The molecule has 4 fully saturated rings. The average molecular weight is 244 g/mol. The van der Waals surface area contributed by atoms with Crippen LogP contribution in [0.4, 0.5) is 5.69 Å². The van der Waals surface area contributed by atoms with Crippen molar-refractivity contribution in [1.82, 2.24) is 4.98 Å². The van der Waals surface area contributed by atoms with Gasteiger partial charge in [0.1, 0.15) is 5.60 Å². The number of anilines is 1. The molecule has 1 aromatic heterocycles. The molecule has 3 nitrogen and oxygen atoms in total. The van der Waals surface area contributed by atoms with Crippen LogP contribution in [0.15, 0.2) is 18.3 Å². The second kappa shape index (κ2) is 3.62. The highest BCUT2D eigenvalue weighted by molar-refractivity contribution is 5.39. The topological polar surface area (TPSA) is 48.1 Å². The minimum absolute atomic E-state index is 0.0789. The van der Waals surface area contributed by atoms with Gasteiger partial charge in [-0.05, 0) is 62.3 Å². The van der Waals surface area contributed by atoms with Gasteiger partial charge < -0.3 is 10.5 Å². The van der Waals surface area contributed by atoms with Crippen molar-refractivity contribution in [3.05, 3.63) is 18.3 Å². The van der Waals surface area contributed by atoms with Crippen molar-refractivity contribution in [3.63, 3.8) is 0 Å². The van der Waals surface area contributed by atoms with Crippen molar-refractivity contribution >= 4 is 5.69 Å². The Morgan fingerprint density at radius 1 is 1.11 bits per heavy atom. The smallest absolute Gasteiger partial charge is 0.215 e. The van der Waals surface area contributed by atoms with E-state index in [1.807, 2.05) is 12.1 Å². The lowest BCUT2D eigenvalue weighted by atomic mass is 9.54. The molecule has 0 atom stereocenters. The normalized spacial score (nSPS) is 41.0. The van der Waals surface area contributed by atoms with E-state index >= 15 is 0 Å². The number of rotatable bonds is 2. The second-order valence-corrected chi connectivity index (χ2v) is 6.63. The minimum atomic E-state index is 0.0789. The first-order valence-corrected chi connectivity index (χ1v) is 7.11. The molecule has 4 saturated carbocycles. The molecule has 96 valence electrons. The van der Waals surface area contributed by atoms with Crippen molar-refractivity contribution in [2.75, 3.05) is 5.73 Å². The van der Waals surface area contributed by atoms with Gasteiger partial charge in [0.2, 0.25) is 5.88 Å². The fourth-order valence-corrected chi connectivity index (χ4v) is 4.86. The molecule has 4 aliphatic carbocycles. The lowest BCUT2D eigenvalue weighted by Gasteiger charge is -2.55. The van der Waals surface area contributed by atoms with Gasteiger partial charge >= 0.3 is 0 Å². The summed E-state index contributed by atoms with van der Waals surface area (Å²) in [4.78, 5) is 4.31. The van der Waals surface area contributed by atoms with E-state index < -0.39 is 0 Å². The molecule has 18 heavy (non-hydrogen) atoms. The van der Waals surface area contributed by atoms with Gasteiger partial charge in [0.05, 0.1) is 0 Å². The maximum Gasteiger partial charge on any atom is 0.215 e. The van der Waals surface area contributed by atoms with Crippen LogP contribution in [0.3, 0.4) is 0 Å². The number of nitrogens with two attached hydrogens (primary N) is 1. The Bertz CT molecular complexity index is 436. The van der Waals surface area contributed by atoms with E-state index in [4.69, 9.17) is 10.5 Å². The third kappa shape index (κ3) is 1.68. The molecule has 5 rings (SSSR count). The van der Waals surface area contributed by atoms with E-state index in [9.17, 15) is 0 Å². The first-order chi connectivity index (χ1) is 8.71. The van der Waals surface area contributed by atoms with Gasteiger partial charge in [0.15, 0.2) is 0 Å². The zero-order valence-electron chi connectivity index (χ0n) is 10.6. The SMILES string of the molecule is Nc1ccnc(OC23CC4CC(CC(C4)C2)C3)c1. The van der Waals surface area contributed by atoms with E-state index in [0.29, 0.717) is 0 Å². The Hall–Kier alpha value is -1.25. The number of aromatic nitrogens is 1. The number of nitrogens with zero attached hydrogens (tertiary/aromatic N) is 1. The van der Waals surface area contributed by atoms with Crippen LogP contribution in [0.1, 0.15) is 38.5 Å². The van der Waals surface area contributed by atoms with Crippen molar-refractivity contribution in [1.29, 1.82) is 0 Å². The van der Waals surface area contributed by atoms with Crippen molar-refractivity contribution in [2.24, 2.45) is 17.8 Å². The summed E-state index contributed by atoms with van der Waals surface area (Å²) in [5, 5.41) is 0. The molecule has 0 amide bonds. The van der Waals surface area contributed by atoms with Gasteiger partial charge in [-0.3, -0.25) is 0 Å². The summed E-state index contributed by atoms with van der Waals surface area (Å²) in [6.07, 6.45) is 9.75. The Morgan fingerprint density at radius 3 is 2.28 bits per heavy atom. The maximum atomic E-state index is 6.30. The van der Waals surface area contributed by atoms with Crippen LogP contribution in [0, 0.1) is 17.8 Å². The molecule has 0 spiro atoms. The van der Waals surface area contributed by atoms with Gasteiger partial charge in [0.25, 0.3) is 0 Å². The Balaban J connectivity index is 1.60. The van der Waals surface area contributed by atoms with Crippen LogP contribution in [-0.2, 0) is 0 Å². The van der Waals surface area contributed by atoms with Crippen molar-refractivity contribution in [2.45, 2.75) is 44.1 Å². The molecule has 0 aromatic carbocycles. The highest BCUT2D eigenvalue weighted by Crippen LogP contribution is 2.56. The van der Waals surface area contributed by atoms with Crippen LogP contribution in [0.2, 0.25) is 0 Å². The lowest BCUT2D eigenvalue weighted by Crippen LogP contribution is -2.53. The molecule has 0 aliphatic heterocycles. The van der Waals surface area contributed by atoms with Crippen molar-refractivity contribution < 1.29 is 4.74 Å². The molecule has 0 unspecified atom stereocenters. The Morgan fingerprint density at radius 2 is 1.72 bits per heavy atom. The van der Waals surface area contributed by atoms with E-state index in [1.165, 1.54) is 38.5 Å². The van der Waals surface area contributed by atoms with Crippen LogP contribution in [-0.4, -0.2) is 10.6 Å². The summed E-state index contributed by atoms with van der Waals surface area (Å²) in [5.74, 6) is 3.42. The molecule has 0 saturated heterocycles. The predicted molar refractivity (Wildman–Crippen MR) is 70.2 cm³/mol. The summed E-state index contributed by atoms with van der Waals surface area (Å²) >= 11 is 0. The Kier molecular flexibility index (Phi) is 2.14. The largest absolute Gasteiger partial charge is 0.471 e. The third-order valence-corrected chi connectivity index (χ3v) is 5.06. The molecular weight excluding hydrogens is 224 g/mol. The van der Waals surface area contributed by atoms with Gasteiger partial charge in [-0.2, -0.15) is 0 Å². The standard InChI is InChI=1S/C15H20N2O/c16-13-1-2-17-14(6-13)18-15-7-10-3-11(8-15)5-12(4-10)9-15/h1-2,6,10-12H,3-5,7-9H2,(H2,16,17). The summed E-state index contributed by atoms with van der Waals surface area (Å²) in [6.45, 7) is 0. The summed E-state index contributed by atoms with van der Waals surface area (Å²) in [6, 6.07) is 3.67. The number of nitrogen functional groups attached to an aromatic ring is 1. The summed E-state index contributed by atoms with van der Waals surface area (Å²) in [7, 11) is 0. The van der Waals surface area contributed by atoms with E-state index in [2.05, 4.69) is 4.98 Å². The highest BCUT2D eigenvalue weighted by Gasteiger charge is 2.52. The molecule has 2 N–H and O–H groups in total. The van der Waals surface area contributed by atoms with Crippen LogP contribution < -0.4 is 10.5 Å². The van der Waals surface area contributed by atoms with Crippen molar-refractivity contribution in [3.8, 4) is 5.88 Å². The zero-order valence-corrected chi connectivity index (χ0v) is 10.6. The quantitative estimate of drug-likeness (QED) is 0.870. The van der Waals surface area contributed by atoms with Gasteiger partial charge in [-0.25, -0.2) is 4.98 Å². The maximum absolute atomic E-state index is 6.30. The van der Waals surface area contributed by atoms with Gasteiger partial charge in [-0.1, -0.05) is 0 Å². The summed E-state index contributed by atoms with van der Waals surface area (Å²) in [5.41, 5.74) is 6.63. The zero-order chi connectivity index (χ0) is 12.2. The number of hydrogen-bond donors (Lipinski definition) is 1. The fourth-order valence-electron chi connectivity index (χ4n) is 4.86. The molecular formula is C15H20N2O. The van der Waals surface area contributed by atoms with Crippen LogP contribution in [0.5, 0.6) is 5.88 Å². The molecule has 4 aliphatic rings. The number of hydrogen-bond acceptors (Lipinski definition) is 3. The highest BCUT2D eigenvalue weighted by atomic mass is 16.5. The second-order valence-electron chi connectivity index (χ2n) is 6.63. The molecule has 1 heterocycles. The number of pyridine rings is 1. The van der Waals surface area contributed by atoms with Crippen LogP contribution in [0.25, 0.3) is 0 Å². The van der Waals surface area contributed by atoms with E-state index in [1.54, 1.807) is 6.20 Å². The first kappa shape index (κ1) is 10.7. The lowest BCUT2D eigenvalue weighted by molar-refractivity contribution is -0.109. The van der Waals surface area contributed by atoms with E-state index in [-0.39, 0.29) is 5.60 Å². The third-order valence-electron chi connectivity index (χ3n) is 5.06. The van der Waals surface area contributed by atoms with Gasteiger partial charge in [0, 0.05) is 18.0 Å². The van der Waals surface area contributed by atoms with Crippen LogP contribution >= 0.6 is 0 Å². The first-order valence-electron chi connectivity index (χ1n) is 7.11. The average Bonchev–Trinajstić information content (AvgIpc) is 2.25. The fraction of sp³-hybridized carbons (Fsp3) is 0.667. The summed E-state index contributed by atoms with van der Waals surface area (Å²) < 4.78 is 6.30. The molecule has 3 heteroatoms. The van der Waals surface area contributed by atoms with Gasteiger partial charge in [-0.15, -0.1) is 0 Å². The minimum Gasteiger partial charge on any atom is -0.471 e. The predicted octanol–water partition coefficient (Wildman–Crippen LogP) is 3.01. The Labute approximate surface area is 108 Å². The molecule has 1 aromatic rings.